The number of hydrogen-bond donors (Lipinski definition) is 0. The molecule has 26 heavy (non-hydrogen) atoms. The predicted octanol–water partition coefficient (Wildman–Crippen LogP) is 3.39. The molecule has 5 nitrogen and oxygen atoms in total. The molecule has 1 aromatic carbocycles. The monoisotopic (exact) mass is 377 g/mol. The van der Waals surface area contributed by atoms with E-state index in [0.29, 0.717) is 24.5 Å². The van der Waals surface area contributed by atoms with E-state index < -0.39 is 15.8 Å². The Morgan fingerprint density at radius 1 is 1.12 bits per heavy atom. The molecule has 6 heteroatoms. The summed E-state index contributed by atoms with van der Waals surface area (Å²) in [4.78, 5) is 0.375. The maximum Gasteiger partial charge on any atom is 0.243 e. The standard InChI is InChI=1S/C20H27NO4S/c1-3-20(24-13-14-25-20)18-6-4-5-16-9-12-19(18)21(16)26(22,23)17-10-7-15(2)8-11-17/h6-8,10-11,16,19H,3-5,9,12-14H2,1-2H3. The Bertz CT molecular complexity index is 794. The van der Waals surface area contributed by atoms with Crippen molar-refractivity contribution in [1.82, 2.24) is 4.31 Å². The van der Waals surface area contributed by atoms with E-state index in [1.165, 1.54) is 0 Å². The number of nitrogens with zero attached hydrogens (tertiary/aromatic N) is 1. The van der Waals surface area contributed by atoms with Crippen molar-refractivity contribution in [1.29, 1.82) is 0 Å². The lowest BCUT2D eigenvalue weighted by Gasteiger charge is -2.36. The number of benzene rings is 1. The summed E-state index contributed by atoms with van der Waals surface area (Å²) >= 11 is 0. The van der Waals surface area contributed by atoms with E-state index in [1.54, 1.807) is 16.4 Å². The topological polar surface area (TPSA) is 55.8 Å². The van der Waals surface area contributed by atoms with Crippen LogP contribution in [0.1, 0.15) is 44.6 Å². The SMILES string of the molecule is CCC1(C2=CCCC3CCC2N3S(=O)(=O)c2ccc(C)cc2)OCCO1. The van der Waals surface area contributed by atoms with E-state index in [9.17, 15) is 8.42 Å². The fourth-order valence-corrected chi connectivity index (χ4v) is 6.51. The zero-order valence-corrected chi connectivity index (χ0v) is 16.3. The Morgan fingerprint density at radius 3 is 2.46 bits per heavy atom. The summed E-state index contributed by atoms with van der Waals surface area (Å²) in [5.41, 5.74) is 2.06. The molecular weight excluding hydrogens is 350 g/mol. The van der Waals surface area contributed by atoms with Crippen molar-refractivity contribution < 1.29 is 17.9 Å². The molecule has 142 valence electrons. The summed E-state index contributed by atoms with van der Waals surface area (Å²) < 4.78 is 40.7. The van der Waals surface area contributed by atoms with Crippen molar-refractivity contribution in [2.24, 2.45) is 0 Å². The van der Waals surface area contributed by atoms with Crippen LogP contribution in [0.5, 0.6) is 0 Å². The Morgan fingerprint density at radius 2 is 1.81 bits per heavy atom. The van der Waals surface area contributed by atoms with E-state index in [0.717, 1.165) is 36.8 Å². The third-order valence-corrected chi connectivity index (χ3v) is 7.89. The fraction of sp³-hybridized carbons (Fsp3) is 0.600. The minimum Gasteiger partial charge on any atom is -0.344 e. The lowest BCUT2D eigenvalue weighted by atomic mass is 9.92. The first-order chi connectivity index (χ1) is 12.5. The van der Waals surface area contributed by atoms with Crippen LogP contribution in [0.4, 0.5) is 0 Å². The zero-order valence-electron chi connectivity index (χ0n) is 15.5. The summed E-state index contributed by atoms with van der Waals surface area (Å²) in [7, 11) is -3.55. The van der Waals surface area contributed by atoms with Crippen LogP contribution in [-0.4, -0.2) is 43.8 Å². The number of aryl methyl sites for hydroxylation is 1. The normalized spacial score (nSPS) is 28.8. The molecule has 0 amide bonds. The molecule has 0 radical (unpaired) electrons. The predicted molar refractivity (Wildman–Crippen MR) is 99.3 cm³/mol. The van der Waals surface area contributed by atoms with Gasteiger partial charge in [-0.05, 0) is 44.7 Å². The van der Waals surface area contributed by atoms with Crippen molar-refractivity contribution in [3.8, 4) is 0 Å². The van der Waals surface area contributed by atoms with Crippen LogP contribution in [0, 0.1) is 6.92 Å². The van der Waals surface area contributed by atoms with Gasteiger partial charge < -0.3 is 9.47 Å². The van der Waals surface area contributed by atoms with Crippen molar-refractivity contribution in [2.45, 2.75) is 68.7 Å². The second-order valence-electron chi connectivity index (χ2n) is 7.44. The smallest absolute Gasteiger partial charge is 0.243 e. The van der Waals surface area contributed by atoms with Gasteiger partial charge in [0, 0.05) is 18.0 Å². The van der Waals surface area contributed by atoms with E-state index in [2.05, 4.69) is 6.08 Å². The Balaban J connectivity index is 1.75. The van der Waals surface area contributed by atoms with Gasteiger partial charge in [0.05, 0.1) is 24.2 Å². The van der Waals surface area contributed by atoms with Gasteiger partial charge in [-0.3, -0.25) is 0 Å². The highest BCUT2D eigenvalue weighted by molar-refractivity contribution is 7.89. The van der Waals surface area contributed by atoms with E-state index in [4.69, 9.17) is 9.47 Å². The summed E-state index contributed by atoms with van der Waals surface area (Å²) in [6.07, 6.45) is 6.31. The molecular formula is C20H27NO4S. The summed E-state index contributed by atoms with van der Waals surface area (Å²) in [5, 5.41) is 0. The van der Waals surface area contributed by atoms with Crippen molar-refractivity contribution >= 4 is 10.0 Å². The molecule has 0 N–H and O–H groups in total. The summed E-state index contributed by atoms with van der Waals surface area (Å²) in [6.45, 7) is 5.13. The second kappa shape index (κ2) is 6.75. The number of hydrogen-bond acceptors (Lipinski definition) is 4. The lowest BCUT2D eigenvalue weighted by molar-refractivity contribution is -0.132. The molecule has 4 rings (SSSR count). The number of fused-ring (bicyclic) bond motifs is 2. The summed E-state index contributed by atoms with van der Waals surface area (Å²) in [5.74, 6) is -0.759. The molecule has 3 aliphatic rings. The van der Waals surface area contributed by atoms with Crippen LogP contribution in [0.15, 0.2) is 40.8 Å². The molecule has 2 bridgehead atoms. The first-order valence-corrected chi connectivity index (χ1v) is 11.0. The van der Waals surface area contributed by atoms with Gasteiger partial charge in [0.15, 0.2) is 5.79 Å². The van der Waals surface area contributed by atoms with Gasteiger partial charge in [-0.2, -0.15) is 4.31 Å². The lowest BCUT2D eigenvalue weighted by Crippen LogP contribution is -2.46. The molecule has 0 aliphatic carbocycles. The number of allylic oxidation sites excluding steroid dienone is 1. The van der Waals surface area contributed by atoms with Gasteiger partial charge in [-0.1, -0.05) is 30.7 Å². The zero-order chi connectivity index (χ0) is 18.4. The molecule has 0 aromatic heterocycles. The molecule has 3 heterocycles. The maximum atomic E-state index is 13.5. The van der Waals surface area contributed by atoms with Crippen molar-refractivity contribution in [3.05, 3.63) is 41.5 Å². The average molecular weight is 378 g/mol. The molecule has 2 saturated heterocycles. The molecule has 2 unspecified atom stereocenters. The molecule has 1 aromatic rings. The van der Waals surface area contributed by atoms with Gasteiger partial charge in [0.2, 0.25) is 10.0 Å². The van der Waals surface area contributed by atoms with Gasteiger partial charge in [0.25, 0.3) is 0 Å². The van der Waals surface area contributed by atoms with Crippen LogP contribution in [0.2, 0.25) is 0 Å². The Labute approximate surface area is 156 Å². The second-order valence-corrected chi connectivity index (χ2v) is 9.28. The van der Waals surface area contributed by atoms with E-state index in [1.807, 2.05) is 26.0 Å². The fourth-order valence-electron chi connectivity index (χ4n) is 4.63. The van der Waals surface area contributed by atoms with Crippen LogP contribution in [0.25, 0.3) is 0 Å². The molecule has 2 atom stereocenters. The van der Waals surface area contributed by atoms with Gasteiger partial charge >= 0.3 is 0 Å². The highest BCUT2D eigenvalue weighted by Gasteiger charge is 2.51. The first kappa shape index (κ1) is 18.2. The van der Waals surface area contributed by atoms with Crippen LogP contribution in [-0.2, 0) is 19.5 Å². The van der Waals surface area contributed by atoms with Gasteiger partial charge in [0.1, 0.15) is 0 Å². The average Bonchev–Trinajstić information content (AvgIpc) is 3.21. The highest BCUT2D eigenvalue weighted by atomic mass is 32.2. The third-order valence-electron chi connectivity index (χ3n) is 5.92. The molecule has 3 aliphatic heterocycles. The van der Waals surface area contributed by atoms with Crippen molar-refractivity contribution in [2.75, 3.05) is 13.2 Å². The summed E-state index contributed by atoms with van der Waals surface area (Å²) in [6, 6.07) is 7.04. The molecule has 0 spiro atoms. The molecule has 0 saturated carbocycles. The number of rotatable bonds is 4. The Hall–Kier alpha value is -1.21. The van der Waals surface area contributed by atoms with Gasteiger partial charge in [-0.15, -0.1) is 0 Å². The quantitative estimate of drug-likeness (QED) is 0.755. The minimum atomic E-state index is -3.55. The minimum absolute atomic E-state index is 0.0513. The van der Waals surface area contributed by atoms with Crippen LogP contribution < -0.4 is 0 Å². The third kappa shape index (κ3) is 2.83. The number of ether oxygens (including phenoxy) is 2. The van der Waals surface area contributed by atoms with Crippen LogP contribution in [0.3, 0.4) is 0 Å². The Kier molecular flexibility index (Phi) is 4.72. The van der Waals surface area contributed by atoms with Gasteiger partial charge in [-0.25, -0.2) is 8.42 Å². The largest absolute Gasteiger partial charge is 0.344 e. The number of sulfonamides is 1. The van der Waals surface area contributed by atoms with Crippen LogP contribution >= 0.6 is 0 Å². The highest BCUT2D eigenvalue weighted by Crippen LogP contribution is 2.45. The maximum absolute atomic E-state index is 13.5. The van der Waals surface area contributed by atoms with E-state index in [-0.39, 0.29) is 12.1 Å². The molecule has 2 fully saturated rings. The van der Waals surface area contributed by atoms with Crippen molar-refractivity contribution in [3.63, 3.8) is 0 Å². The van der Waals surface area contributed by atoms with E-state index >= 15 is 0 Å². The first-order valence-electron chi connectivity index (χ1n) is 9.56.